The Balaban J connectivity index is 1.71. The number of amides is 1. The minimum Gasteiger partial charge on any atom is -0.495 e. The van der Waals surface area contributed by atoms with E-state index in [0.29, 0.717) is 16.6 Å². The van der Waals surface area contributed by atoms with Gasteiger partial charge in [-0.3, -0.25) is 9.59 Å². The Morgan fingerprint density at radius 1 is 1.38 bits per heavy atom. The summed E-state index contributed by atoms with van der Waals surface area (Å²) in [5.41, 5.74) is 2.18. The molecule has 126 valence electrons. The molecule has 0 saturated carbocycles. The van der Waals surface area contributed by atoms with E-state index in [1.807, 2.05) is 12.1 Å². The van der Waals surface area contributed by atoms with Crippen molar-refractivity contribution < 1.29 is 9.53 Å². The van der Waals surface area contributed by atoms with E-state index in [1.165, 1.54) is 11.8 Å². The third-order valence-corrected chi connectivity index (χ3v) is 4.93. The van der Waals surface area contributed by atoms with Crippen molar-refractivity contribution in [2.75, 3.05) is 12.4 Å². The second kappa shape index (κ2) is 7.09. The summed E-state index contributed by atoms with van der Waals surface area (Å²) in [5, 5.41) is 2.93. The van der Waals surface area contributed by atoms with Gasteiger partial charge in [0.05, 0.1) is 23.7 Å². The highest BCUT2D eigenvalue weighted by atomic mass is 32.2. The van der Waals surface area contributed by atoms with Gasteiger partial charge in [-0.2, -0.15) is 0 Å². The van der Waals surface area contributed by atoms with E-state index in [1.54, 1.807) is 26.2 Å². The number of benzene rings is 1. The molecule has 2 aromatic rings. The van der Waals surface area contributed by atoms with Crippen molar-refractivity contribution >= 4 is 23.4 Å². The van der Waals surface area contributed by atoms with Crippen molar-refractivity contribution in [3.05, 3.63) is 45.9 Å². The van der Waals surface area contributed by atoms with Crippen LogP contribution in [0.1, 0.15) is 24.6 Å². The molecule has 0 radical (unpaired) electrons. The number of H-pyrrole nitrogens is 1. The van der Waals surface area contributed by atoms with Crippen molar-refractivity contribution in [3.63, 3.8) is 0 Å². The first kappa shape index (κ1) is 16.6. The number of rotatable bonds is 5. The van der Waals surface area contributed by atoms with Gasteiger partial charge in [0.1, 0.15) is 5.75 Å². The van der Waals surface area contributed by atoms with Crippen LogP contribution in [0.4, 0.5) is 5.69 Å². The summed E-state index contributed by atoms with van der Waals surface area (Å²) in [5.74, 6) is 0.430. The lowest BCUT2D eigenvalue weighted by Gasteiger charge is -2.14. The lowest BCUT2D eigenvalue weighted by Crippen LogP contribution is -2.24. The van der Waals surface area contributed by atoms with Gasteiger partial charge in [0.25, 0.3) is 5.56 Å². The molecule has 1 unspecified atom stereocenters. The molecule has 2 N–H and O–H groups in total. The number of aryl methyl sites for hydroxylation is 1. The Morgan fingerprint density at radius 2 is 2.17 bits per heavy atom. The average molecular weight is 345 g/mol. The van der Waals surface area contributed by atoms with Crippen LogP contribution < -0.4 is 15.6 Å². The molecule has 0 saturated heterocycles. The van der Waals surface area contributed by atoms with E-state index in [0.717, 1.165) is 30.5 Å². The maximum absolute atomic E-state index is 12.4. The minimum atomic E-state index is -0.405. The molecule has 0 spiro atoms. The average Bonchev–Trinajstić information content (AvgIpc) is 3.04. The van der Waals surface area contributed by atoms with E-state index < -0.39 is 5.25 Å². The van der Waals surface area contributed by atoms with Crippen LogP contribution in [-0.2, 0) is 17.6 Å². The molecular weight excluding hydrogens is 326 g/mol. The molecule has 1 aromatic heterocycles. The van der Waals surface area contributed by atoms with Crippen LogP contribution in [0, 0.1) is 0 Å². The van der Waals surface area contributed by atoms with Crippen molar-refractivity contribution in [3.8, 4) is 5.75 Å². The van der Waals surface area contributed by atoms with Crippen molar-refractivity contribution in [2.24, 2.45) is 0 Å². The van der Waals surface area contributed by atoms with E-state index in [2.05, 4.69) is 15.3 Å². The summed E-state index contributed by atoms with van der Waals surface area (Å²) in [6.07, 6.45) is 2.57. The number of anilines is 1. The molecule has 24 heavy (non-hydrogen) atoms. The number of carbonyl (C=O) groups is 1. The van der Waals surface area contributed by atoms with Gasteiger partial charge in [-0.15, -0.1) is 0 Å². The highest BCUT2D eigenvalue weighted by Gasteiger charge is 2.21. The van der Waals surface area contributed by atoms with E-state index in [9.17, 15) is 9.59 Å². The number of hydrogen-bond donors (Lipinski definition) is 2. The van der Waals surface area contributed by atoms with E-state index in [4.69, 9.17) is 4.74 Å². The molecule has 1 aromatic carbocycles. The van der Waals surface area contributed by atoms with Crippen LogP contribution in [0.5, 0.6) is 5.75 Å². The van der Waals surface area contributed by atoms with Crippen molar-refractivity contribution in [1.29, 1.82) is 0 Å². The van der Waals surface area contributed by atoms with E-state index >= 15 is 0 Å². The van der Waals surface area contributed by atoms with Crippen LogP contribution in [0.25, 0.3) is 0 Å². The number of thioether (sulfide) groups is 1. The first-order chi connectivity index (χ1) is 11.6. The smallest absolute Gasteiger partial charge is 0.254 e. The number of hydrogen-bond acceptors (Lipinski definition) is 5. The molecule has 3 rings (SSSR count). The fourth-order valence-electron chi connectivity index (χ4n) is 2.68. The van der Waals surface area contributed by atoms with Crippen molar-refractivity contribution in [2.45, 2.75) is 36.6 Å². The summed E-state index contributed by atoms with van der Waals surface area (Å²) >= 11 is 1.25. The number of fused-ring (bicyclic) bond motifs is 1. The zero-order valence-electron chi connectivity index (χ0n) is 13.6. The molecule has 1 atom stereocenters. The minimum absolute atomic E-state index is 0.0858. The maximum Gasteiger partial charge on any atom is 0.254 e. The quantitative estimate of drug-likeness (QED) is 0.642. The van der Waals surface area contributed by atoms with Gasteiger partial charge in [0.2, 0.25) is 5.91 Å². The van der Waals surface area contributed by atoms with Gasteiger partial charge in [-0.05, 0) is 38.3 Å². The van der Waals surface area contributed by atoms with Gasteiger partial charge in [-0.25, -0.2) is 4.98 Å². The summed E-state index contributed by atoms with van der Waals surface area (Å²) in [6, 6.07) is 7.23. The summed E-state index contributed by atoms with van der Waals surface area (Å²) in [4.78, 5) is 31.7. The molecule has 1 heterocycles. The number of methoxy groups -OCH3 is 1. The number of nitrogens with one attached hydrogen (secondary N) is 2. The summed E-state index contributed by atoms with van der Waals surface area (Å²) in [6.45, 7) is 1.78. The number of aromatic amines is 1. The Bertz CT molecular complexity index is 819. The highest BCUT2D eigenvalue weighted by molar-refractivity contribution is 8.00. The summed E-state index contributed by atoms with van der Waals surface area (Å²) in [7, 11) is 1.56. The van der Waals surface area contributed by atoms with E-state index in [-0.39, 0.29) is 11.5 Å². The third-order valence-electron chi connectivity index (χ3n) is 3.94. The molecule has 0 fully saturated rings. The molecule has 1 amide bonds. The van der Waals surface area contributed by atoms with Gasteiger partial charge < -0.3 is 15.0 Å². The monoisotopic (exact) mass is 345 g/mol. The topological polar surface area (TPSA) is 84.1 Å². The zero-order chi connectivity index (χ0) is 17.1. The molecule has 1 aliphatic rings. The van der Waals surface area contributed by atoms with Crippen LogP contribution in [0.2, 0.25) is 0 Å². The number of carbonyl (C=O) groups excluding carboxylic acids is 1. The molecule has 6 nitrogen and oxygen atoms in total. The Labute approximate surface area is 144 Å². The van der Waals surface area contributed by atoms with Gasteiger partial charge >= 0.3 is 0 Å². The van der Waals surface area contributed by atoms with Gasteiger partial charge in [0.15, 0.2) is 5.16 Å². The normalized spacial score (nSPS) is 14.1. The highest BCUT2D eigenvalue weighted by Crippen LogP contribution is 2.26. The zero-order valence-corrected chi connectivity index (χ0v) is 14.4. The lowest BCUT2D eigenvalue weighted by molar-refractivity contribution is -0.115. The second-order valence-electron chi connectivity index (χ2n) is 5.60. The van der Waals surface area contributed by atoms with Crippen LogP contribution in [0.15, 0.2) is 34.2 Å². The fourth-order valence-corrected chi connectivity index (χ4v) is 3.49. The van der Waals surface area contributed by atoms with Gasteiger partial charge in [0, 0.05) is 5.56 Å². The molecule has 1 aliphatic carbocycles. The number of nitrogens with zero attached hydrogens (tertiary/aromatic N) is 1. The SMILES string of the molecule is COc1ccccc1NC(=O)C(C)Sc1nc2c(c(=O)[nH]1)CCC2. The van der Waals surface area contributed by atoms with Crippen LogP contribution in [0.3, 0.4) is 0 Å². The standard InChI is InChI=1S/C17H19N3O3S/c1-10(15(21)18-13-7-3-4-9-14(13)23-2)24-17-19-12-8-5-6-11(12)16(22)20-17/h3-4,7,9-10H,5-6,8H2,1-2H3,(H,18,21)(H,19,20,22). The van der Waals surface area contributed by atoms with Crippen LogP contribution in [-0.4, -0.2) is 28.2 Å². The molecule has 7 heteroatoms. The van der Waals surface area contributed by atoms with Gasteiger partial charge in [-0.1, -0.05) is 23.9 Å². The lowest BCUT2D eigenvalue weighted by atomic mass is 10.3. The molecule has 0 bridgehead atoms. The molecule has 0 aliphatic heterocycles. The molecular formula is C17H19N3O3S. The van der Waals surface area contributed by atoms with Crippen molar-refractivity contribution in [1.82, 2.24) is 9.97 Å². The fraction of sp³-hybridized carbons (Fsp3) is 0.353. The number of aromatic nitrogens is 2. The first-order valence-corrected chi connectivity index (χ1v) is 8.69. The first-order valence-electron chi connectivity index (χ1n) is 7.81. The summed E-state index contributed by atoms with van der Waals surface area (Å²) < 4.78 is 5.23. The third kappa shape index (κ3) is 3.46. The Kier molecular flexibility index (Phi) is 4.89. The predicted octanol–water partition coefficient (Wildman–Crippen LogP) is 2.39. The largest absolute Gasteiger partial charge is 0.495 e. The Morgan fingerprint density at radius 3 is 2.96 bits per heavy atom. The Hall–Kier alpha value is -2.28. The second-order valence-corrected chi connectivity index (χ2v) is 6.93. The number of ether oxygens (including phenoxy) is 1. The number of para-hydroxylation sites is 2. The van der Waals surface area contributed by atoms with Crippen LogP contribution >= 0.6 is 11.8 Å². The maximum atomic E-state index is 12.4. The predicted molar refractivity (Wildman–Crippen MR) is 93.8 cm³/mol.